The van der Waals surface area contributed by atoms with Gasteiger partial charge in [-0.15, -0.1) is 12.4 Å². The molecule has 2 rings (SSSR count). The second-order valence-corrected chi connectivity index (χ2v) is 5.51. The number of carbonyl (C=O) groups is 2. The second kappa shape index (κ2) is 8.86. The van der Waals surface area contributed by atoms with Crippen LogP contribution in [-0.2, 0) is 25.5 Å². The van der Waals surface area contributed by atoms with Crippen molar-refractivity contribution in [3.05, 3.63) is 35.9 Å². The summed E-state index contributed by atoms with van der Waals surface area (Å²) >= 11 is 0. The van der Waals surface area contributed by atoms with Crippen molar-refractivity contribution in [3.8, 4) is 0 Å². The molecule has 0 aliphatic carbocycles. The summed E-state index contributed by atoms with van der Waals surface area (Å²) in [6.45, 7) is 0.900. The molecule has 1 heterocycles. The van der Waals surface area contributed by atoms with E-state index in [-0.39, 0.29) is 18.3 Å². The number of benzene rings is 1. The summed E-state index contributed by atoms with van der Waals surface area (Å²) < 4.78 is 10.0. The Kier molecular flexibility index (Phi) is 7.48. The van der Waals surface area contributed by atoms with Crippen molar-refractivity contribution in [2.45, 2.75) is 30.8 Å². The van der Waals surface area contributed by atoms with Crippen LogP contribution in [-0.4, -0.2) is 43.8 Å². The molecule has 1 fully saturated rings. The summed E-state index contributed by atoms with van der Waals surface area (Å²) in [5.74, 6) is -0.810. The number of hydrogen-bond acceptors (Lipinski definition) is 5. The van der Waals surface area contributed by atoms with Crippen molar-refractivity contribution < 1.29 is 19.1 Å². The van der Waals surface area contributed by atoms with Gasteiger partial charge < -0.3 is 20.5 Å². The number of halogens is 1. The van der Waals surface area contributed by atoms with Gasteiger partial charge in [-0.3, -0.25) is 4.79 Å². The largest absolute Gasteiger partial charge is 0.467 e. The SMILES string of the molecule is COC(=O)C(Cc1ccccc1)NC(=O)C1(N)CCOCC1.Cl. The average molecular weight is 343 g/mol. The number of methoxy groups -OCH3 is 1. The monoisotopic (exact) mass is 342 g/mol. The third-order valence-corrected chi connectivity index (χ3v) is 3.91. The molecule has 1 aliphatic rings. The van der Waals surface area contributed by atoms with Gasteiger partial charge in [0.15, 0.2) is 0 Å². The number of esters is 1. The lowest BCUT2D eigenvalue weighted by Gasteiger charge is -2.33. The van der Waals surface area contributed by atoms with Crippen molar-refractivity contribution in [2.24, 2.45) is 5.73 Å². The van der Waals surface area contributed by atoms with Gasteiger partial charge >= 0.3 is 5.97 Å². The average Bonchev–Trinajstić information content (AvgIpc) is 2.55. The van der Waals surface area contributed by atoms with Crippen molar-refractivity contribution >= 4 is 24.3 Å². The van der Waals surface area contributed by atoms with E-state index in [2.05, 4.69) is 5.32 Å². The van der Waals surface area contributed by atoms with Gasteiger partial charge in [-0.2, -0.15) is 0 Å². The minimum atomic E-state index is -0.985. The Morgan fingerprint density at radius 2 is 1.91 bits per heavy atom. The van der Waals surface area contributed by atoms with Gasteiger partial charge in [-0.25, -0.2) is 4.79 Å². The van der Waals surface area contributed by atoms with Crippen LogP contribution in [0.1, 0.15) is 18.4 Å². The molecule has 0 saturated carbocycles. The predicted octanol–water partition coefficient (Wildman–Crippen LogP) is 0.817. The predicted molar refractivity (Wildman–Crippen MR) is 88.3 cm³/mol. The Morgan fingerprint density at radius 1 is 1.30 bits per heavy atom. The quantitative estimate of drug-likeness (QED) is 0.773. The van der Waals surface area contributed by atoms with Crippen molar-refractivity contribution in [2.75, 3.05) is 20.3 Å². The lowest BCUT2D eigenvalue weighted by Crippen LogP contribution is -2.60. The summed E-state index contributed by atoms with van der Waals surface area (Å²) in [7, 11) is 1.30. The smallest absolute Gasteiger partial charge is 0.328 e. The number of amides is 1. The molecular weight excluding hydrogens is 320 g/mol. The van der Waals surface area contributed by atoms with E-state index >= 15 is 0 Å². The molecule has 1 aromatic rings. The van der Waals surface area contributed by atoms with E-state index in [1.807, 2.05) is 30.3 Å². The van der Waals surface area contributed by atoms with Crippen molar-refractivity contribution in [3.63, 3.8) is 0 Å². The van der Waals surface area contributed by atoms with Gasteiger partial charge in [0, 0.05) is 19.6 Å². The molecule has 1 atom stereocenters. The Labute approximate surface area is 142 Å². The molecule has 1 aromatic carbocycles. The summed E-state index contributed by atoms with van der Waals surface area (Å²) in [4.78, 5) is 24.4. The maximum atomic E-state index is 12.4. The minimum Gasteiger partial charge on any atom is -0.467 e. The fourth-order valence-electron chi connectivity index (χ4n) is 2.45. The van der Waals surface area contributed by atoms with E-state index in [9.17, 15) is 9.59 Å². The normalized spacial score (nSPS) is 17.5. The topological polar surface area (TPSA) is 90.7 Å². The standard InChI is InChI=1S/C16H22N2O4.ClH/c1-21-14(19)13(11-12-5-3-2-4-6-12)18-15(20)16(17)7-9-22-10-8-16;/h2-6,13H,7-11,17H2,1H3,(H,18,20);1H. The number of carbonyl (C=O) groups excluding carboxylic acids is 2. The second-order valence-electron chi connectivity index (χ2n) is 5.51. The number of nitrogens with two attached hydrogens (primary N) is 1. The maximum Gasteiger partial charge on any atom is 0.328 e. The molecule has 0 bridgehead atoms. The highest BCUT2D eigenvalue weighted by molar-refractivity contribution is 5.90. The Hall–Kier alpha value is -1.63. The molecule has 23 heavy (non-hydrogen) atoms. The van der Waals surface area contributed by atoms with E-state index in [4.69, 9.17) is 15.2 Å². The third kappa shape index (κ3) is 5.20. The first kappa shape index (κ1) is 19.4. The molecule has 0 radical (unpaired) electrons. The molecule has 128 valence electrons. The molecule has 1 amide bonds. The van der Waals surface area contributed by atoms with E-state index in [1.165, 1.54) is 7.11 Å². The summed E-state index contributed by atoms with van der Waals surface area (Å²) in [5, 5.41) is 2.73. The molecule has 0 aromatic heterocycles. The van der Waals surface area contributed by atoms with Gasteiger partial charge in [-0.1, -0.05) is 30.3 Å². The molecule has 6 nitrogen and oxygen atoms in total. The van der Waals surface area contributed by atoms with Crippen molar-refractivity contribution in [1.82, 2.24) is 5.32 Å². The number of hydrogen-bond donors (Lipinski definition) is 2. The van der Waals surface area contributed by atoms with Crippen LogP contribution in [0, 0.1) is 0 Å². The van der Waals surface area contributed by atoms with Crippen LogP contribution in [0.2, 0.25) is 0 Å². The highest BCUT2D eigenvalue weighted by atomic mass is 35.5. The van der Waals surface area contributed by atoms with Crippen LogP contribution in [0.4, 0.5) is 0 Å². The zero-order valence-corrected chi connectivity index (χ0v) is 13.9. The summed E-state index contributed by atoms with van der Waals surface area (Å²) in [5.41, 5.74) is 6.10. The lowest BCUT2D eigenvalue weighted by molar-refractivity contribution is -0.146. The van der Waals surface area contributed by atoms with E-state index in [0.29, 0.717) is 32.5 Å². The van der Waals surface area contributed by atoms with Gasteiger partial charge in [-0.05, 0) is 18.4 Å². The Morgan fingerprint density at radius 3 is 2.48 bits per heavy atom. The van der Waals surface area contributed by atoms with E-state index in [1.54, 1.807) is 0 Å². The maximum absolute atomic E-state index is 12.4. The van der Waals surface area contributed by atoms with Crippen LogP contribution >= 0.6 is 12.4 Å². The number of ether oxygens (including phenoxy) is 2. The fraction of sp³-hybridized carbons (Fsp3) is 0.500. The van der Waals surface area contributed by atoms with Gasteiger partial charge in [0.2, 0.25) is 5.91 Å². The van der Waals surface area contributed by atoms with Gasteiger partial charge in [0.1, 0.15) is 6.04 Å². The molecule has 1 aliphatic heterocycles. The molecule has 3 N–H and O–H groups in total. The highest BCUT2D eigenvalue weighted by Gasteiger charge is 2.38. The molecule has 1 saturated heterocycles. The first-order valence-electron chi connectivity index (χ1n) is 7.34. The zero-order chi connectivity index (χ0) is 16.0. The third-order valence-electron chi connectivity index (χ3n) is 3.91. The van der Waals surface area contributed by atoms with Crippen LogP contribution in [0.25, 0.3) is 0 Å². The minimum absolute atomic E-state index is 0. The van der Waals surface area contributed by atoms with Crippen LogP contribution in [0.3, 0.4) is 0 Å². The molecule has 0 spiro atoms. The summed E-state index contributed by atoms with van der Waals surface area (Å²) in [6, 6.07) is 8.71. The van der Waals surface area contributed by atoms with Crippen molar-refractivity contribution in [1.29, 1.82) is 0 Å². The molecule has 1 unspecified atom stereocenters. The summed E-state index contributed by atoms with van der Waals surface area (Å²) in [6.07, 6.45) is 1.25. The van der Waals surface area contributed by atoms with Gasteiger partial charge in [0.25, 0.3) is 0 Å². The fourth-order valence-corrected chi connectivity index (χ4v) is 2.45. The first-order chi connectivity index (χ1) is 10.5. The Bertz CT molecular complexity index is 518. The molecular formula is C16H23ClN2O4. The number of rotatable bonds is 5. The first-order valence-corrected chi connectivity index (χ1v) is 7.34. The van der Waals surface area contributed by atoms with Gasteiger partial charge in [0.05, 0.1) is 12.6 Å². The molecule has 7 heteroatoms. The lowest BCUT2D eigenvalue weighted by atomic mass is 9.90. The Balaban J connectivity index is 0.00000264. The van der Waals surface area contributed by atoms with Crippen LogP contribution in [0.5, 0.6) is 0 Å². The van der Waals surface area contributed by atoms with E-state index in [0.717, 1.165) is 5.56 Å². The highest BCUT2D eigenvalue weighted by Crippen LogP contribution is 2.18. The number of nitrogens with one attached hydrogen (secondary N) is 1. The van der Waals surface area contributed by atoms with Crippen LogP contribution in [0.15, 0.2) is 30.3 Å². The van der Waals surface area contributed by atoms with E-state index < -0.39 is 17.6 Å². The zero-order valence-electron chi connectivity index (χ0n) is 13.1. The van der Waals surface area contributed by atoms with Crippen LogP contribution < -0.4 is 11.1 Å².